The highest BCUT2D eigenvalue weighted by Gasteiger charge is 2.21. The van der Waals surface area contributed by atoms with E-state index in [1.165, 1.54) is 4.68 Å². The quantitative estimate of drug-likeness (QED) is 0.695. The lowest BCUT2D eigenvalue weighted by atomic mass is 9.96. The summed E-state index contributed by atoms with van der Waals surface area (Å²) in [5.74, 6) is 0.793. The molecule has 2 heterocycles. The number of nitrogens with two attached hydrogens (primary N) is 1. The van der Waals surface area contributed by atoms with Gasteiger partial charge < -0.3 is 15.8 Å². The Kier molecular flexibility index (Phi) is 2.86. The van der Waals surface area contributed by atoms with Crippen molar-refractivity contribution in [1.29, 1.82) is 0 Å². The molecule has 0 aliphatic rings. The van der Waals surface area contributed by atoms with Crippen molar-refractivity contribution in [3.63, 3.8) is 0 Å². The van der Waals surface area contributed by atoms with Gasteiger partial charge in [-0.25, -0.2) is 9.67 Å². The molecule has 0 aliphatic carbocycles. The Labute approximate surface area is 104 Å². The van der Waals surface area contributed by atoms with Gasteiger partial charge in [0, 0.05) is 5.41 Å². The zero-order chi connectivity index (χ0) is 13.5. The third-order valence-electron chi connectivity index (χ3n) is 2.67. The van der Waals surface area contributed by atoms with Crippen LogP contribution in [0, 0.1) is 0 Å². The fourth-order valence-electron chi connectivity index (χ4n) is 1.68. The number of aromatic nitrogens is 4. The van der Waals surface area contributed by atoms with Crippen LogP contribution in [0.25, 0.3) is 11.0 Å². The first-order chi connectivity index (χ1) is 8.34. The molecule has 0 saturated carbocycles. The van der Waals surface area contributed by atoms with Crippen molar-refractivity contribution in [3.8, 4) is 0 Å². The van der Waals surface area contributed by atoms with Crippen LogP contribution in [0.3, 0.4) is 0 Å². The van der Waals surface area contributed by atoms with Crippen molar-refractivity contribution in [2.45, 2.75) is 32.7 Å². The molecule has 0 atom stereocenters. The Morgan fingerprint density at radius 3 is 2.67 bits per heavy atom. The molecule has 7 nitrogen and oxygen atoms in total. The Hall–Kier alpha value is -1.89. The van der Waals surface area contributed by atoms with Crippen LogP contribution in [0.2, 0.25) is 0 Å². The number of rotatable bonds is 2. The van der Waals surface area contributed by atoms with Crippen molar-refractivity contribution >= 4 is 16.9 Å². The second-order valence-corrected chi connectivity index (χ2v) is 5.20. The number of fused-ring (bicyclic) bond motifs is 1. The number of hydrogen-bond acceptors (Lipinski definition) is 5. The zero-order valence-electron chi connectivity index (χ0n) is 10.7. The molecule has 2 rings (SSSR count). The van der Waals surface area contributed by atoms with Gasteiger partial charge in [-0.2, -0.15) is 5.10 Å². The summed E-state index contributed by atoms with van der Waals surface area (Å²) in [5.41, 5.74) is 5.55. The Balaban J connectivity index is 2.71. The van der Waals surface area contributed by atoms with Gasteiger partial charge in [0.15, 0.2) is 5.65 Å². The maximum absolute atomic E-state index is 12.0. The standard InChI is InChI=1S/C11H17N5O2/c1-11(2,3)10-13-8-6(9(18)14-10)7(12)16(15-8)4-5-17/h17H,4-5,12H2,1-3H3,(H,13,14,15,18). The van der Waals surface area contributed by atoms with Gasteiger partial charge in [0.2, 0.25) is 0 Å². The minimum Gasteiger partial charge on any atom is -0.394 e. The Morgan fingerprint density at radius 1 is 1.44 bits per heavy atom. The smallest absolute Gasteiger partial charge is 0.264 e. The van der Waals surface area contributed by atoms with Crippen LogP contribution in [-0.4, -0.2) is 31.5 Å². The summed E-state index contributed by atoms with van der Waals surface area (Å²) in [6, 6.07) is 0. The predicted molar refractivity (Wildman–Crippen MR) is 68.3 cm³/mol. The van der Waals surface area contributed by atoms with Gasteiger partial charge in [-0.3, -0.25) is 4.79 Å². The van der Waals surface area contributed by atoms with Gasteiger partial charge in [-0.05, 0) is 0 Å². The number of anilines is 1. The summed E-state index contributed by atoms with van der Waals surface area (Å²) in [6.45, 7) is 6.00. The molecular formula is C11H17N5O2. The number of aliphatic hydroxyl groups excluding tert-OH is 1. The van der Waals surface area contributed by atoms with Crippen molar-refractivity contribution in [2.75, 3.05) is 12.3 Å². The maximum atomic E-state index is 12.0. The molecule has 0 radical (unpaired) electrons. The van der Waals surface area contributed by atoms with Gasteiger partial charge >= 0.3 is 0 Å². The number of nitrogen functional groups attached to an aromatic ring is 1. The van der Waals surface area contributed by atoms with Crippen LogP contribution >= 0.6 is 0 Å². The summed E-state index contributed by atoms with van der Waals surface area (Å²) in [7, 11) is 0. The first kappa shape index (κ1) is 12.6. The van der Waals surface area contributed by atoms with Crippen LogP contribution in [0.1, 0.15) is 26.6 Å². The molecule has 0 spiro atoms. The highest BCUT2D eigenvalue weighted by Crippen LogP contribution is 2.20. The average molecular weight is 251 g/mol. The maximum Gasteiger partial charge on any atom is 0.264 e. The molecule has 0 fully saturated rings. The molecule has 0 aliphatic heterocycles. The van der Waals surface area contributed by atoms with E-state index in [0.29, 0.717) is 11.5 Å². The van der Waals surface area contributed by atoms with Gasteiger partial charge in [-0.15, -0.1) is 0 Å². The summed E-state index contributed by atoms with van der Waals surface area (Å²) in [4.78, 5) is 19.0. The molecule has 98 valence electrons. The number of hydrogen-bond donors (Lipinski definition) is 3. The molecule has 0 bridgehead atoms. The van der Waals surface area contributed by atoms with E-state index in [1.54, 1.807) is 0 Å². The van der Waals surface area contributed by atoms with Gasteiger partial charge in [0.1, 0.15) is 17.0 Å². The van der Waals surface area contributed by atoms with E-state index in [4.69, 9.17) is 10.8 Å². The Bertz CT molecular complexity index is 635. The first-order valence-corrected chi connectivity index (χ1v) is 5.72. The second kappa shape index (κ2) is 4.09. The highest BCUT2D eigenvalue weighted by atomic mass is 16.3. The van der Waals surface area contributed by atoms with E-state index in [-0.39, 0.29) is 35.3 Å². The molecule has 2 aromatic rings. The van der Waals surface area contributed by atoms with E-state index in [0.717, 1.165) is 0 Å². The molecule has 7 heteroatoms. The van der Waals surface area contributed by atoms with Crippen LogP contribution in [0.15, 0.2) is 4.79 Å². The fraction of sp³-hybridized carbons (Fsp3) is 0.545. The predicted octanol–water partition coefficient (Wildman–Crippen LogP) is -0.00840. The minimum absolute atomic E-state index is 0.0950. The number of aliphatic hydroxyl groups is 1. The molecule has 0 unspecified atom stereocenters. The van der Waals surface area contributed by atoms with E-state index in [1.807, 2.05) is 20.8 Å². The summed E-state index contributed by atoms with van der Waals surface area (Å²) < 4.78 is 1.39. The van der Waals surface area contributed by atoms with Crippen molar-refractivity contribution in [3.05, 3.63) is 16.2 Å². The fourth-order valence-corrected chi connectivity index (χ4v) is 1.68. The SMILES string of the molecule is CC(C)(C)c1nc2nn(CCO)c(N)c2c(=O)[nH]1. The first-order valence-electron chi connectivity index (χ1n) is 5.72. The number of aromatic amines is 1. The lowest BCUT2D eigenvalue weighted by molar-refractivity contribution is 0.271. The molecular weight excluding hydrogens is 234 g/mol. The lowest BCUT2D eigenvalue weighted by Gasteiger charge is -2.16. The second-order valence-electron chi connectivity index (χ2n) is 5.20. The van der Waals surface area contributed by atoms with Gasteiger partial charge in [-0.1, -0.05) is 20.8 Å². The number of nitrogens with zero attached hydrogens (tertiary/aromatic N) is 3. The van der Waals surface area contributed by atoms with E-state index in [2.05, 4.69) is 15.1 Å². The van der Waals surface area contributed by atoms with Gasteiger partial charge in [0.25, 0.3) is 5.56 Å². The normalized spacial score (nSPS) is 12.2. The van der Waals surface area contributed by atoms with Gasteiger partial charge in [0.05, 0.1) is 13.2 Å². The third kappa shape index (κ3) is 1.97. The molecule has 0 amide bonds. The molecule has 4 N–H and O–H groups in total. The lowest BCUT2D eigenvalue weighted by Crippen LogP contribution is -2.22. The topological polar surface area (TPSA) is 110 Å². The van der Waals surface area contributed by atoms with E-state index < -0.39 is 0 Å². The van der Waals surface area contributed by atoms with Crippen molar-refractivity contribution in [1.82, 2.24) is 19.7 Å². The van der Waals surface area contributed by atoms with Crippen LogP contribution in [0.4, 0.5) is 5.82 Å². The Morgan fingerprint density at radius 2 is 2.11 bits per heavy atom. The monoisotopic (exact) mass is 251 g/mol. The largest absolute Gasteiger partial charge is 0.394 e. The summed E-state index contributed by atoms with van der Waals surface area (Å²) >= 11 is 0. The average Bonchev–Trinajstić information content (AvgIpc) is 2.55. The summed E-state index contributed by atoms with van der Waals surface area (Å²) in [5, 5.41) is 13.3. The molecule has 0 saturated heterocycles. The number of nitrogens with one attached hydrogen (secondary N) is 1. The number of H-pyrrole nitrogens is 1. The summed E-state index contributed by atoms with van der Waals surface area (Å²) in [6.07, 6.45) is 0. The van der Waals surface area contributed by atoms with Crippen molar-refractivity contribution < 1.29 is 5.11 Å². The molecule has 18 heavy (non-hydrogen) atoms. The van der Waals surface area contributed by atoms with Crippen LogP contribution < -0.4 is 11.3 Å². The van der Waals surface area contributed by atoms with Crippen molar-refractivity contribution in [2.24, 2.45) is 0 Å². The van der Waals surface area contributed by atoms with E-state index in [9.17, 15) is 4.79 Å². The molecule has 2 aromatic heterocycles. The van der Waals surface area contributed by atoms with Crippen LogP contribution in [-0.2, 0) is 12.0 Å². The highest BCUT2D eigenvalue weighted by molar-refractivity contribution is 5.85. The minimum atomic E-state index is -0.299. The van der Waals surface area contributed by atoms with E-state index >= 15 is 0 Å². The zero-order valence-corrected chi connectivity index (χ0v) is 10.7. The van der Waals surface area contributed by atoms with Crippen LogP contribution in [0.5, 0.6) is 0 Å². The third-order valence-corrected chi connectivity index (χ3v) is 2.67. The molecule has 0 aromatic carbocycles.